The Morgan fingerprint density at radius 3 is 2.32 bits per heavy atom. The van der Waals surface area contributed by atoms with Crippen LogP contribution in [0.2, 0.25) is 0 Å². The molecule has 2 aromatic rings. The summed E-state index contributed by atoms with van der Waals surface area (Å²) in [5, 5.41) is 0. The van der Waals surface area contributed by atoms with E-state index in [-0.39, 0.29) is 11.4 Å². The SMILES string of the molecule is CCc1ccc(CNS(=O)(=O)c2ccc(F)cc2)s1. The molecule has 19 heavy (non-hydrogen) atoms. The first kappa shape index (κ1) is 14.2. The maximum Gasteiger partial charge on any atom is 0.240 e. The molecule has 0 aliphatic rings. The fraction of sp³-hybridized carbons (Fsp3) is 0.231. The van der Waals surface area contributed by atoms with Crippen LogP contribution in [0.25, 0.3) is 0 Å². The highest BCUT2D eigenvalue weighted by atomic mass is 32.2. The molecule has 1 aromatic heterocycles. The van der Waals surface area contributed by atoms with Gasteiger partial charge in [0.25, 0.3) is 0 Å². The number of thiophene rings is 1. The Balaban J connectivity index is 2.07. The van der Waals surface area contributed by atoms with Gasteiger partial charge in [0.2, 0.25) is 10.0 Å². The summed E-state index contributed by atoms with van der Waals surface area (Å²) in [5.41, 5.74) is 0. The highest BCUT2D eigenvalue weighted by molar-refractivity contribution is 7.89. The lowest BCUT2D eigenvalue weighted by Gasteiger charge is -2.05. The molecule has 6 heteroatoms. The molecule has 102 valence electrons. The minimum atomic E-state index is -3.58. The van der Waals surface area contributed by atoms with Gasteiger partial charge in [-0.25, -0.2) is 17.5 Å². The van der Waals surface area contributed by atoms with Gasteiger partial charge in [0.1, 0.15) is 5.82 Å². The number of sulfonamides is 1. The fourth-order valence-electron chi connectivity index (χ4n) is 1.57. The molecule has 0 aliphatic heterocycles. The third kappa shape index (κ3) is 3.62. The lowest BCUT2D eigenvalue weighted by Crippen LogP contribution is -2.22. The molecule has 0 radical (unpaired) electrons. The number of rotatable bonds is 5. The average molecular weight is 299 g/mol. The lowest BCUT2D eigenvalue weighted by atomic mass is 10.4. The number of nitrogens with one attached hydrogen (secondary N) is 1. The molecule has 3 nitrogen and oxygen atoms in total. The second-order valence-corrected chi connectivity index (χ2v) is 7.02. The Hall–Kier alpha value is -1.24. The van der Waals surface area contributed by atoms with Crippen LogP contribution >= 0.6 is 11.3 Å². The summed E-state index contributed by atoms with van der Waals surface area (Å²) in [6.45, 7) is 2.31. The van der Waals surface area contributed by atoms with Crippen molar-refractivity contribution < 1.29 is 12.8 Å². The van der Waals surface area contributed by atoms with Gasteiger partial charge in [0, 0.05) is 16.3 Å². The molecular formula is C13H14FNO2S2. The van der Waals surface area contributed by atoms with Crippen molar-refractivity contribution in [3.05, 3.63) is 52.0 Å². The zero-order valence-electron chi connectivity index (χ0n) is 10.4. The predicted octanol–water partition coefficient (Wildman–Crippen LogP) is 2.93. The summed E-state index contributed by atoms with van der Waals surface area (Å²) in [7, 11) is -3.58. The lowest BCUT2D eigenvalue weighted by molar-refractivity contribution is 0.581. The van der Waals surface area contributed by atoms with Crippen LogP contribution in [0.4, 0.5) is 4.39 Å². The van der Waals surface area contributed by atoms with Crippen LogP contribution in [0.5, 0.6) is 0 Å². The molecule has 0 spiro atoms. The largest absolute Gasteiger partial charge is 0.240 e. The molecule has 0 bridgehead atoms. The number of hydrogen-bond donors (Lipinski definition) is 1. The number of aryl methyl sites for hydroxylation is 1. The first-order valence-corrected chi connectivity index (χ1v) is 8.14. The molecule has 1 N–H and O–H groups in total. The molecule has 0 saturated heterocycles. The van der Waals surface area contributed by atoms with Crippen LogP contribution in [-0.2, 0) is 23.0 Å². The number of halogens is 1. The van der Waals surface area contributed by atoms with Crippen LogP contribution in [0.3, 0.4) is 0 Å². The van der Waals surface area contributed by atoms with E-state index in [0.29, 0.717) is 0 Å². The summed E-state index contributed by atoms with van der Waals surface area (Å²) in [5.74, 6) is -0.454. The summed E-state index contributed by atoms with van der Waals surface area (Å²) in [6, 6.07) is 8.68. The maximum atomic E-state index is 12.8. The zero-order valence-corrected chi connectivity index (χ0v) is 12.0. The van der Waals surface area contributed by atoms with Crippen molar-refractivity contribution in [2.45, 2.75) is 24.8 Å². The number of benzene rings is 1. The Bertz CT molecular complexity index is 648. The van der Waals surface area contributed by atoms with Crippen molar-refractivity contribution in [2.24, 2.45) is 0 Å². The Morgan fingerprint density at radius 2 is 1.74 bits per heavy atom. The van der Waals surface area contributed by atoms with Crippen molar-refractivity contribution in [3.63, 3.8) is 0 Å². The van der Waals surface area contributed by atoms with E-state index in [2.05, 4.69) is 11.6 Å². The molecule has 0 atom stereocenters. The summed E-state index contributed by atoms with van der Waals surface area (Å²) >= 11 is 1.58. The van der Waals surface area contributed by atoms with Gasteiger partial charge in [-0.1, -0.05) is 6.92 Å². The minimum Gasteiger partial charge on any atom is -0.207 e. The van der Waals surface area contributed by atoms with Gasteiger partial charge < -0.3 is 0 Å². The predicted molar refractivity (Wildman–Crippen MR) is 74.1 cm³/mol. The third-order valence-electron chi connectivity index (χ3n) is 2.63. The van der Waals surface area contributed by atoms with Gasteiger partial charge in [-0.3, -0.25) is 0 Å². The molecular weight excluding hydrogens is 285 g/mol. The summed E-state index contributed by atoms with van der Waals surface area (Å²) in [6.07, 6.45) is 0.940. The smallest absolute Gasteiger partial charge is 0.207 e. The minimum absolute atomic E-state index is 0.0705. The van der Waals surface area contributed by atoms with Crippen LogP contribution < -0.4 is 4.72 Å². The summed E-state index contributed by atoms with van der Waals surface area (Å²) in [4.78, 5) is 2.25. The van der Waals surface area contributed by atoms with Gasteiger partial charge in [-0.05, 0) is 42.8 Å². The summed E-state index contributed by atoms with van der Waals surface area (Å²) < 4.78 is 39.2. The topological polar surface area (TPSA) is 46.2 Å². The van der Waals surface area contributed by atoms with Gasteiger partial charge in [-0.15, -0.1) is 11.3 Å². The standard InChI is InChI=1S/C13H14FNO2S2/c1-2-11-5-6-12(18-11)9-15-19(16,17)13-7-3-10(14)4-8-13/h3-8,15H,2,9H2,1H3. The molecule has 0 aliphatic carbocycles. The third-order valence-corrected chi connectivity index (χ3v) is 5.27. The van der Waals surface area contributed by atoms with Crippen LogP contribution in [0, 0.1) is 5.82 Å². The van der Waals surface area contributed by atoms with E-state index in [1.54, 1.807) is 11.3 Å². The molecule has 0 saturated carbocycles. The van der Waals surface area contributed by atoms with Crippen molar-refractivity contribution in [1.29, 1.82) is 0 Å². The Morgan fingerprint density at radius 1 is 1.11 bits per heavy atom. The van der Waals surface area contributed by atoms with E-state index in [1.165, 1.54) is 17.0 Å². The second kappa shape index (κ2) is 5.81. The zero-order chi connectivity index (χ0) is 13.9. The first-order chi connectivity index (χ1) is 9.01. The maximum absolute atomic E-state index is 12.8. The van der Waals surface area contributed by atoms with E-state index in [4.69, 9.17) is 0 Å². The van der Waals surface area contributed by atoms with Crippen molar-refractivity contribution in [2.75, 3.05) is 0 Å². The second-order valence-electron chi connectivity index (χ2n) is 4.00. The van der Waals surface area contributed by atoms with Crippen LogP contribution in [0.15, 0.2) is 41.3 Å². The van der Waals surface area contributed by atoms with Gasteiger partial charge >= 0.3 is 0 Å². The van der Waals surface area contributed by atoms with Crippen molar-refractivity contribution >= 4 is 21.4 Å². The quantitative estimate of drug-likeness (QED) is 0.922. The van der Waals surface area contributed by atoms with Crippen LogP contribution in [-0.4, -0.2) is 8.42 Å². The van der Waals surface area contributed by atoms with E-state index in [1.807, 2.05) is 12.1 Å². The van der Waals surface area contributed by atoms with Gasteiger partial charge in [-0.2, -0.15) is 0 Å². The molecule has 2 rings (SSSR count). The molecule has 0 amide bonds. The van der Waals surface area contributed by atoms with Gasteiger partial charge in [0.05, 0.1) is 4.90 Å². The fourth-order valence-corrected chi connectivity index (χ4v) is 3.57. The molecule has 0 unspecified atom stereocenters. The molecule has 0 fully saturated rings. The highest BCUT2D eigenvalue weighted by Crippen LogP contribution is 2.17. The van der Waals surface area contributed by atoms with E-state index >= 15 is 0 Å². The average Bonchev–Trinajstić information content (AvgIpc) is 2.85. The monoisotopic (exact) mass is 299 g/mol. The molecule has 1 aromatic carbocycles. The normalized spacial score (nSPS) is 11.7. The molecule has 1 heterocycles. The first-order valence-electron chi connectivity index (χ1n) is 5.84. The Kier molecular flexibility index (Phi) is 4.34. The Labute approximate surface area is 116 Å². The van der Waals surface area contributed by atoms with Gasteiger partial charge in [0.15, 0.2) is 0 Å². The van der Waals surface area contributed by atoms with E-state index in [0.717, 1.165) is 23.4 Å². The van der Waals surface area contributed by atoms with E-state index in [9.17, 15) is 12.8 Å². The number of hydrogen-bond acceptors (Lipinski definition) is 3. The highest BCUT2D eigenvalue weighted by Gasteiger charge is 2.13. The van der Waals surface area contributed by atoms with Crippen molar-refractivity contribution in [3.8, 4) is 0 Å². The van der Waals surface area contributed by atoms with Crippen LogP contribution in [0.1, 0.15) is 16.7 Å². The van der Waals surface area contributed by atoms with E-state index < -0.39 is 15.8 Å². The van der Waals surface area contributed by atoms with Crippen molar-refractivity contribution in [1.82, 2.24) is 4.72 Å².